The second kappa shape index (κ2) is 9.21. The number of benzene rings is 3. The first-order chi connectivity index (χ1) is 14.6. The topological polar surface area (TPSA) is 102 Å². The Morgan fingerprint density at radius 3 is 1.97 bits per heavy atom. The molecule has 0 spiro atoms. The lowest BCUT2D eigenvalue weighted by atomic mass is 10.2. The largest absolute Gasteiger partial charge is 0.378 e. The standard InChI is InChI=1S/C21H19BrN2O5S2/c1-15-3-8-19(9-4-15)30(25,26)24-23-14-17-13-18(22)7-12-21(17)29-31(27,28)20-10-5-16(2)6-11-20/h3-14,24H,1-2H3/b23-14+. The minimum Gasteiger partial charge on any atom is -0.378 e. The van der Waals surface area contributed by atoms with Crippen molar-refractivity contribution in [3.05, 3.63) is 87.9 Å². The summed E-state index contributed by atoms with van der Waals surface area (Å²) in [7, 11) is -7.95. The molecule has 0 bridgehead atoms. The fraction of sp³-hybridized carbons (Fsp3) is 0.0952. The molecule has 0 heterocycles. The van der Waals surface area contributed by atoms with Crippen molar-refractivity contribution in [1.29, 1.82) is 0 Å². The van der Waals surface area contributed by atoms with Gasteiger partial charge in [0.15, 0.2) is 5.75 Å². The van der Waals surface area contributed by atoms with Crippen LogP contribution in [0.3, 0.4) is 0 Å². The smallest absolute Gasteiger partial charge is 0.339 e. The van der Waals surface area contributed by atoms with Crippen molar-refractivity contribution < 1.29 is 21.0 Å². The van der Waals surface area contributed by atoms with Gasteiger partial charge in [-0.2, -0.15) is 21.9 Å². The van der Waals surface area contributed by atoms with Gasteiger partial charge in [-0.15, -0.1) is 0 Å². The van der Waals surface area contributed by atoms with Crippen LogP contribution >= 0.6 is 15.9 Å². The Morgan fingerprint density at radius 2 is 1.39 bits per heavy atom. The summed E-state index contributed by atoms with van der Waals surface area (Å²) in [5, 5.41) is 3.77. The minimum absolute atomic E-state index is 0.00191. The van der Waals surface area contributed by atoms with Crippen LogP contribution in [0.2, 0.25) is 0 Å². The number of rotatable bonds is 7. The number of nitrogens with one attached hydrogen (secondary N) is 1. The average Bonchev–Trinajstić information content (AvgIpc) is 2.70. The maximum atomic E-state index is 12.6. The van der Waals surface area contributed by atoms with Gasteiger partial charge < -0.3 is 4.18 Å². The number of aryl methyl sites for hydroxylation is 2. The van der Waals surface area contributed by atoms with Crippen LogP contribution in [0.1, 0.15) is 16.7 Å². The number of sulfonamides is 1. The van der Waals surface area contributed by atoms with Gasteiger partial charge in [0.25, 0.3) is 10.0 Å². The molecule has 0 radical (unpaired) electrons. The molecule has 10 heteroatoms. The number of nitrogens with zero attached hydrogens (tertiary/aromatic N) is 1. The minimum atomic E-state index is -4.08. The second-order valence-electron chi connectivity index (χ2n) is 6.70. The molecule has 0 atom stereocenters. The van der Waals surface area contributed by atoms with Gasteiger partial charge in [-0.3, -0.25) is 0 Å². The molecule has 162 valence electrons. The molecule has 31 heavy (non-hydrogen) atoms. The molecule has 7 nitrogen and oxygen atoms in total. The third-order valence-electron chi connectivity index (χ3n) is 4.19. The molecule has 0 aromatic heterocycles. The lowest BCUT2D eigenvalue weighted by Crippen LogP contribution is -2.18. The van der Waals surface area contributed by atoms with Gasteiger partial charge in [-0.25, -0.2) is 4.83 Å². The molecule has 0 saturated carbocycles. The zero-order valence-corrected chi connectivity index (χ0v) is 19.8. The zero-order chi connectivity index (χ0) is 22.6. The van der Waals surface area contributed by atoms with Crippen LogP contribution in [0.15, 0.2) is 86.1 Å². The molecule has 0 aliphatic rings. The Hall–Kier alpha value is -2.69. The van der Waals surface area contributed by atoms with Gasteiger partial charge in [0.1, 0.15) is 4.90 Å². The van der Waals surface area contributed by atoms with E-state index in [9.17, 15) is 16.8 Å². The van der Waals surface area contributed by atoms with Crippen LogP contribution in [-0.4, -0.2) is 23.1 Å². The van der Waals surface area contributed by atoms with E-state index >= 15 is 0 Å². The lowest BCUT2D eigenvalue weighted by molar-refractivity contribution is 0.485. The molecular formula is C21H19BrN2O5S2. The fourth-order valence-corrected chi connectivity index (χ4v) is 4.63. The van der Waals surface area contributed by atoms with E-state index in [0.717, 1.165) is 11.1 Å². The summed E-state index contributed by atoms with van der Waals surface area (Å²) in [5.41, 5.74) is 2.10. The summed E-state index contributed by atoms with van der Waals surface area (Å²) >= 11 is 3.30. The molecule has 3 rings (SSSR count). The highest BCUT2D eigenvalue weighted by Crippen LogP contribution is 2.25. The molecule has 3 aromatic carbocycles. The first-order valence-electron chi connectivity index (χ1n) is 8.99. The van der Waals surface area contributed by atoms with Gasteiger partial charge in [-0.05, 0) is 56.3 Å². The van der Waals surface area contributed by atoms with E-state index in [0.29, 0.717) is 4.47 Å². The lowest BCUT2D eigenvalue weighted by Gasteiger charge is -2.10. The quantitative estimate of drug-likeness (QED) is 0.285. The maximum absolute atomic E-state index is 12.6. The summed E-state index contributed by atoms with van der Waals surface area (Å²) in [4.78, 5) is 2.17. The Kier molecular flexibility index (Phi) is 6.83. The van der Waals surface area contributed by atoms with E-state index in [1.165, 1.54) is 36.5 Å². The van der Waals surface area contributed by atoms with Gasteiger partial charge >= 0.3 is 10.1 Å². The normalized spacial score (nSPS) is 12.1. The van der Waals surface area contributed by atoms with Crippen LogP contribution in [-0.2, 0) is 20.1 Å². The summed E-state index contributed by atoms with van der Waals surface area (Å²) in [6.07, 6.45) is 1.18. The highest BCUT2D eigenvalue weighted by atomic mass is 79.9. The van der Waals surface area contributed by atoms with Crippen molar-refractivity contribution in [2.24, 2.45) is 5.10 Å². The van der Waals surface area contributed by atoms with Crippen molar-refractivity contribution in [3.63, 3.8) is 0 Å². The van der Waals surface area contributed by atoms with Crippen molar-refractivity contribution in [2.75, 3.05) is 0 Å². The first kappa shape index (κ1) is 23.0. The molecule has 0 amide bonds. The van der Waals surface area contributed by atoms with E-state index in [1.54, 1.807) is 36.4 Å². The van der Waals surface area contributed by atoms with Gasteiger partial charge in [0, 0.05) is 10.0 Å². The van der Waals surface area contributed by atoms with E-state index in [-0.39, 0.29) is 21.1 Å². The first-order valence-corrected chi connectivity index (χ1v) is 12.7. The number of hydrazone groups is 1. The summed E-state index contributed by atoms with van der Waals surface area (Å²) in [5.74, 6) is 0.00191. The van der Waals surface area contributed by atoms with Crippen molar-refractivity contribution in [3.8, 4) is 5.75 Å². The predicted octanol–water partition coefficient (Wildman–Crippen LogP) is 4.15. The molecule has 0 aliphatic carbocycles. The van der Waals surface area contributed by atoms with Gasteiger partial charge in [0.2, 0.25) is 0 Å². The number of hydrogen-bond acceptors (Lipinski definition) is 6. The van der Waals surface area contributed by atoms with Crippen molar-refractivity contribution in [2.45, 2.75) is 23.6 Å². The van der Waals surface area contributed by atoms with E-state index < -0.39 is 20.1 Å². The second-order valence-corrected chi connectivity index (χ2v) is 10.8. The van der Waals surface area contributed by atoms with Crippen molar-refractivity contribution >= 4 is 42.3 Å². The number of halogens is 1. The highest BCUT2D eigenvalue weighted by molar-refractivity contribution is 9.10. The van der Waals surface area contributed by atoms with E-state index in [4.69, 9.17) is 4.18 Å². The van der Waals surface area contributed by atoms with Crippen LogP contribution < -0.4 is 9.01 Å². The third-order valence-corrected chi connectivity index (χ3v) is 7.17. The SMILES string of the molecule is Cc1ccc(S(=O)(=O)N/N=C/c2cc(Br)ccc2OS(=O)(=O)c2ccc(C)cc2)cc1. The molecular weight excluding hydrogens is 504 g/mol. The third kappa shape index (κ3) is 5.93. The Balaban J connectivity index is 1.84. The molecule has 0 unspecified atom stereocenters. The van der Waals surface area contributed by atoms with Crippen molar-refractivity contribution in [1.82, 2.24) is 4.83 Å². The predicted molar refractivity (Wildman–Crippen MR) is 122 cm³/mol. The van der Waals surface area contributed by atoms with Crippen LogP contribution in [0.5, 0.6) is 5.75 Å². The van der Waals surface area contributed by atoms with Gasteiger partial charge in [-0.1, -0.05) is 51.3 Å². The maximum Gasteiger partial charge on any atom is 0.339 e. The highest BCUT2D eigenvalue weighted by Gasteiger charge is 2.18. The molecule has 0 aliphatic heterocycles. The fourth-order valence-electron chi connectivity index (χ4n) is 2.50. The monoisotopic (exact) mass is 522 g/mol. The van der Waals surface area contributed by atoms with Crippen LogP contribution in [0, 0.1) is 13.8 Å². The molecule has 0 saturated heterocycles. The summed E-state index contributed by atoms with van der Waals surface area (Å²) < 4.78 is 55.9. The zero-order valence-electron chi connectivity index (χ0n) is 16.6. The summed E-state index contributed by atoms with van der Waals surface area (Å²) in [6.45, 7) is 3.69. The summed E-state index contributed by atoms with van der Waals surface area (Å²) in [6, 6.07) is 17.1. The molecule has 1 N–H and O–H groups in total. The van der Waals surface area contributed by atoms with Crippen LogP contribution in [0.25, 0.3) is 0 Å². The average molecular weight is 523 g/mol. The molecule has 0 fully saturated rings. The Labute approximate surface area is 190 Å². The van der Waals surface area contributed by atoms with Gasteiger partial charge in [0.05, 0.1) is 11.1 Å². The Morgan fingerprint density at radius 1 is 0.839 bits per heavy atom. The van der Waals surface area contributed by atoms with Crippen LogP contribution in [0.4, 0.5) is 0 Å². The van der Waals surface area contributed by atoms with E-state index in [2.05, 4.69) is 25.9 Å². The number of hydrogen-bond donors (Lipinski definition) is 1. The van der Waals surface area contributed by atoms with E-state index in [1.807, 2.05) is 13.8 Å². The molecule has 3 aromatic rings. The Bertz CT molecular complexity index is 1320.